The number of carbonyl (C=O) groups excluding carboxylic acids is 2. The summed E-state index contributed by atoms with van der Waals surface area (Å²) >= 11 is 0. The lowest BCUT2D eigenvalue weighted by molar-refractivity contribution is -0.133. The van der Waals surface area contributed by atoms with Crippen LogP contribution in [0.15, 0.2) is 35.4 Å². The van der Waals surface area contributed by atoms with Gasteiger partial charge in [-0.3, -0.25) is 9.59 Å². The second-order valence-electron chi connectivity index (χ2n) is 2.99. The van der Waals surface area contributed by atoms with E-state index >= 15 is 0 Å². The van der Waals surface area contributed by atoms with Crippen molar-refractivity contribution in [1.82, 2.24) is 5.43 Å². The average molecular weight is 188 g/mol. The largest absolute Gasteiger partial charge is 0.313 e. The molecule has 4 heteroatoms. The van der Waals surface area contributed by atoms with Crippen molar-refractivity contribution in [2.24, 2.45) is 5.10 Å². The molecule has 0 fully saturated rings. The van der Waals surface area contributed by atoms with Crippen LogP contribution in [0.3, 0.4) is 0 Å². The predicted molar refractivity (Wildman–Crippen MR) is 50.7 cm³/mol. The fraction of sp³-hybridized carbons (Fsp3) is 0.100. The number of ketones is 1. The van der Waals surface area contributed by atoms with Crippen LogP contribution in [0.25, 0.3) is 0 Å². The highest BCUT2D eigenvalue weighted by molar-refractivity contribution is 6.66. The van der Waals surface area contributed by atoms with Crippen molar-refractivity contribution in [1.29, 1.82) is 0 Å². The Morgan fingerprint density at radius 3 is 2.43 bits per heavy atom. The van der Waals surface area contributed by atoms with Gasteiger partial charge in [0.25, 0.3) is 5.78 Å². The van der Waals surface area contributed by atoms with Crippen LogP contribution in [0.4, 0.5) is 0 Å². The maximum absolute atomic E-state index is 11.2. The number of carbonyl (C=O) groups is 2. The minimum absolute atomic E-state index is 0.279. The normalized spacial score (nSPS) is 15.3. The van der Waals surface area contributed by atoms with Gasteiger partial charge in [-0.1, -0.05) is 30.3 Å². The number of nitrogens with zero attached hydrogens (tertiary/aromatic N) is 1. The molecule has 1 N–H and O–H groups in total. The Bertz CT molecular complexity index is 409. The number of hydrogen-bond donors (Lipinski definition) is 1. The summed E-state index contributed by atoms with van der Waals surface area (Å²) in [6.07, 6.45) is 0.401. The SMILES string of the molecule is O=C1NN=C(Cc2ccccc2)C1=O. The number of hydrogen-bond acceptors (Lipinski definition) is 3. The lowest BCUT2D eigenvalue weighted by Crippen LogP contribution is -2.23. The van der Waals surface area contributed by atoms with Crippen molar-refractivity contribution in [3.8, 4) is 0 Å². The highest BCUT2D eigenvalue weighted by Crippen LogP contribution is 2.03. The van der Waals surface area contributed by atoms with Crippen LogP contribution in [-0.4, -0.2) is 17.4 Å². The molecule has 1 amide bonds. The van der Waals surface area contributed by atoms with Gasteiger partial charge in [0, 0.05) is 6.42 Å². The van der Waals surface area contributed by atoms with Crippen molar-refractivity contribution in [2.45, 2.75) is 6.42 Å². The number of nitrogens with one attached hydrogen (secondary N) is 1. The minimum Gasteiger partial charge on any atom is -0.282 e. The van der Waals surface area contributed by atoms with Crippen molar-refractivity contribution in [2.75, 3.05) is 0 Å². The Kier molecular flexibility index (Phi) is 2.10. The zero-order valence-corrected chi connectivity index (χ0v) is 7.36. The fourth-order valence-electron chi connectivity index (χ4n) is 1.26. The molecule has 0 spiro atoms. The van der Waals surface area contributed by atoms with E-state index in [1.807, 2.05) is 30.3 Å². The minimum atomic E-state index is -0.643. The van der Waals surface area contributed by atoms with Crippen LogP contribution >= 0.6 is 0 Å². The highest BCUT2D eigenvalue weighted by Gasteiger charge is 2.26. The lowest BCUT2D eigenvalue weighted by Gasteiger charge is -1.96. The van der Waals surface area contributed by atoms with E-state index < -0.39 is 11.7 Å². The molecule has 2 rings (SSSR count). The maximum Gasteiger partial charge on any atom is 0.313 e. The molecule has 0 radical (unpaired) electrons. The molecule has 0 aromatic heterocycles. The highest BCUT2D eigenvalue weighted by atomic mass is 16.2. The van der Waals surface area contributed by atoms with Crippen LogP contribution in [0, 0.1) is 0 Å². The summed E-state index contributed by atoms with van der Waals surface area (Å²) in [4.78, 5) is 22.0. The number of rotatable bonds is 2. The lowest BCUT2D eigenvalue weighted by atomic mass is 10.1. The maximum atomic E-state index is 11.2. The monoisotopic (exact) mass is 188 g/mol. The first-order valence-electron chi connectivity index (χ1n) is 4.22. The number of benzene rings is 1. The first kappa shape index (κ1) is 8.62. The molecule has 0 saturated carbocycles. The number of amides is 1. The van der Waals surface area contributed by atoms with E-state index in [-0.39, 0.29) is 5.71 Å². The Balaban J connectivity index is 2.14. The molecule has 70 valence electrons. The van der Waals surface area contributed by atoms with E-state index in [0.717, 1.165) is 5.56 Å². The summed E-state index contributed by atoms with van der Waals surface area (Å²) in [6.45, 7) is 0. The molecular weight excluding hydrogens is 180 g/mol. The molecule has 1 aliphatic heterocycles. The summed E-state index contributed by atoms with van der Waals surface area (Å²) < 4.78 is 0. The van der Waals surface area contributed by atoms with Gasteiger partial charge in [-0.25, -0.2) is 5.43 Å². The third kappa shape index (κ3) is 1.54. The van der Waals surface area contributed by atoms with E-state index in [4.69, 9.17) is 0 Å². The molecule has 1 heterocycles. The standard InChI is InChI=1S/C10H8N2O2/c13-9-8(11-12-10(9)14)6-7-4-2-1-3-5-7/h1-5H,6H2,(H,12,13,14). The van der Waals surface area contributed by atoms with Crippen LogP contribution in [0.5, 0.6) is 0 Å². The van der Waals surface area contributed by atoms with E-state index in [1.165, 1.54) is 0 Å². The van der Waals surface area contributed by atoms with Gasteiger partial charge in [-0.2, -0.15) is 5.10 Å². The molecule has 4 nitrogen and oxygen atoms in total. The van der Waals surface area contributed by atoms with Crippen LogP contribution in [0.2, 0.25) is 0 Å². The Labute approximate surface area is 80.6 Å². The molecule has 0 atom stereocenters. The van der Waals surface area contributed by atoms with E-state index in [1.54, 1.807) is 0 Å². The van der Waals surface area contributed by atoms with Crippen molar-refractivity contribution < 1.29 is 9.59 Å². The van der Waals surface area contributed by atoms with Gasteiger partial charge in [-0.15, -0.1) is 0 Å². The van der Waals surface area contributed by atoms with Crippen LogP contribution in [-0.2, 0) is 16.0 Å². The van der Waals surface area contributed by atoms with Gasteiger partial charge >= 0.3 is 5.91 Å². The summed E-state index contributed by atoms with van der Waals surface area (Å²) in [5, 5.41) is 3.66. The van der Waals surface area contributed by atoms with Gasteiger partial charge < -0.3 is 0 Å². The van der Waals surface area contributed by atoms with Gasteiger partial charge in [-0.05, 0) is 5.56 Å². The molecule has 0 unspecified atom stereocenters. The summed E-state index contributed by atoms with van der Waals surface area (Å²) in [7, 11) is 0. The summed E-state index contributed by atoms with van der Waals surface area (Å²) in [6, 6.07) is 9.43. The Morgan fingerprint density at radius 1 is 1.14 bits per heavy atom. The first-order chi connectivity index (χ1) is 6.77. The topological polar surface area (TPSA) is 58.5 Å². The van der Waals surface area contributed by atoms with Crippen molar-refractivity contribution in [3.05, 3.63) is 35.9 Å². The second-order valence-corrected chi connectivity index (χ2v) is 2.99. The van der Waals surface area contributed by atoms with Gasteiger partial charge in [0.2, 0.25) is 0 Å². The third-order valence-electron chi connectivity index (χ3n) is 1.98. The van der Waals surface area contributed by atoms with Crippen molar-refractivity contribution >= 4 is 17.4 Å². The average Bonchev–Trinajstić information content (AvgIpc) is 2.52. The zero-order chi connectivity index (χ0) is 9.97. The number of Topliss-reactive ketones (excluding diaryl/α,β-unsaturated/α-hetero) is 1. The van der Waals surface area contributed by atoms with E-state index in [9.17, 15) is 9.59 Å². The molecular formula is C10H8N2O2. The Hall–Kier alpha value is -1.97. The fourth-order valence-corrected chi connectivity index (χ4v) is 1.26. The van der Waals surface area contributed by atoms with E-state index in [0.29, 0.717) is 6.42 Å². The Morgan fingerprint density at radius 2 is 1.86 bits per heavy atom. The zero-order valence-electron chi connectivity index (χ0n) is 7.36. The van der Waals surface area contributed by atoms with Gasteiger partial charge in [0.1, 0.15) is 5.71 Å². The molecule has 0 bridgehead atoms. The number of hydrazone groups is 1. The van der Waals surface area contributed by atoms with Crippen LogP contribution < -0.4 is 5.43 Å². The molecule has 14 heavy (non-hydrogen) atoms. The van der Waals surface area contributed by atoms with E-state index in [2.05, 4.69) is 10.5 Å². The first-order valence-corrected chi connectivity index (χ1v) is 4.22. The second kappa shape index (κ2) is 3.41. The smallest absolute Gasteiger partial charge is 0.282 e. The van der Waals surface area contributed by atoms with Crippen molar-refractivity contribution in [3.63, 3.8) is 0 Å². The summed E-state index contributed by atoms with van der Waals surface area (Å²) in [5.41, 5.74) is 3.39. The predicted octanol–water partition coefficient (Wildman–Crippen LogP) is 0.284. The quantitative estimate of drug-likeness (QED) is 0.678. The van der Waals surface area contributed by atoms with Gasteiger partial charge in [0.05, 0.1) is 0 Å². The molecule has 1 aromatic rings. The molecule has 0 aliphatic carbocycles. The third-order valence-corrected chi connectivity index (χ3v) is 1.98. The van der Waals surface area contributed by atoms with Crippen LogP contribution in [0.1, 0.15) is 5.56 Å². The molecule has 0 saturated heterocycles. The molecule has 1 aliphatic rings. The molecule has 1 aromatic carbocycles. The van der Waals surface area contributed by atoms with Gasteiger partial charge in [0.15, 0.2) is 0 Å². The summed E-state index contributed by atoms with van der Waals surface area (Å²) in [5.74, 6) is -1.18.